The van der Waals surface area contributed by atoms with Gasteiger partial charge in [0.2, 0.25) is 5.91 Å². The molecule has 0 aliphatic heterocycles. The monoisotopic (exact) mass is 272 g/mol. The zero-order valence-electron chi connectivity index (χ0n) is 11.3. The Morgan fingerprint density at radius 3 is 2.50 bits per heavy atom. The summed E-state index contributed by atoms with van der Waals surface area (Å²) >= 11 is 0. The Hall–Kier alpha value is -2.36. The normalized spacial score (nSPS) is 10.1. The topological polar surface area (TPSA) is 41.1 Å². The molecule has 1 amide bonds. The van der Waals surface area contributed by atoms with Gasteiger partial charge in [-0.2, -0.15) is 0 Å². The average Bonchev–Trinajstić information content (AvgIpc) is 2.47. The molecule has 0 fully saturated rings. The van der Waals surface area contributed by atoms with E-state index >= 15 is 0 Å². The van der Waals surface area contributed by atoms with E-state index in [9.17, 15) is 9.18 Å². The fraction of sp³-hybridized carbons (Fsp3) is 0.188. The van der Waals surface area contributed by atoms with Crippen molar-refractivity contribution in [2.75, 3.05) is 10.6 Å². The molecule has 20 heavy (non-hydrogen) atoms. The Balaban J connectivity index is 1.97. The van der Waals surface area contributed by atoms with Crippen LogP contribution in [0.1, 0.15) is 18.9 Å². The van der Waals surface area contributed by atoms with Crippen LogP contribution in [0.4, 0.5) is 15.8 Å². The molecule has 0 saturated carbocycles. The Bertz CT molecular complexity index is 581. The minimum atomic E-state index is -0.238. The van der Waals surface area contributed by atoms with Gasteiger partial charge in [-0.15, -0.1) is 0 Å². The Morgan fingerprint density at radius 1 is 1.10 bits per heavy atom. The van der Waals surface area contributed by atoms with Crippen molar-refractivity contribution >= 4 is 17.3 Å². The Morgan fingerprint density at radius 2 is 1.80 bits per heavy atom. The molecule has 2 rings (SSSR count). The third kappa shape index (κ3) is 4.09. The van der Waals surface area contributed by atoms with Crippen LogP contribution in [-0.2, 0) is 11.3 Å². The molecule has 0 heterocycles. The summed E-state index contributed by atoms with van der Waals surface area (Å²) in [5, 5.41) is 6.05. The molecular formula is C16H17FN2O. The molecule has 0 atom stereocenters. The van der Waals surface area contributed by atoms with Gasteiger partial charge in [-0.05, 0) is 35.9 Å². The van der Waals surface area contributed by atoms with Crippen molar-refractivity contribution in [1.29, 1.82) is 0 Å². The lowest BCUT2D eigenvalue weighted by Gasteiger charge is -2.09. The van der Waals surface area contributed by atoms with Gasteiger partial charge < -0.3 is 10.6 Å². The highest BCUT2D eigenvalue weighted by Gasteiger charge is 2.00. The van der Waals surface area contributed by atoms with E-state index in [1.165, 1.54) is 12.1 Å². The highest BCUT2D eigenvalue weighted by Crippen LogP contribution is 2.16. The van der Waals surface area contributed by atoms with Gasteiger partial charge in [-0.25, -0.2) is 4.39 Å². The van der Waals surface area contributed by atoms with Gasteiger partial charge in [0.25, 0.3) is 0 Å². The van der Waals surface area contributed by atoms with E-state index in [1.54, 1.807) is 12.1 Å². The van der Waals surface area contributed by atoms with E-state index in [2.05, 4.69) is 10.6 Å². The maximum atomic E-state index is 12.8. The van der Waals surface area contributed by atoms with Crippen LogP contribution in [0.15, 0.2) is 48.5 Å². The summed E-state index contributed by atoms with van der Waals surface area (Å²) in [7, 11) is 0. The lowest BCUT2D eigenvalue weighted by Crippen LogP contribution is -2.09. The smallest absolute Gasteiger partial charge is 0.224 e. The quantitative estimate of drug-likeness (QED) is 0.869. The highest BCUT2D eigenvalue weighted by molar-refractivity contribution is 5.90. The fourth-order valence-electron chi connectivity index (χ4n) is 1.76. The number of carbonyl (C=O) groups excluding carboxylic acids is 1. The summed E-state index contributed by atoms with van der Waals surface area (Å²) in [6.45, 7) is 2.41. The molecule has 0 bridgehead atoms. The molecule has 2 aromatic rings. The molecule has 0 aliphatic carbocycles. The van der Waals surface area contributed by atoms with Crippen LogP contribution < -0.4 is 10.6 Å². The molecule has 4 heteroatoms. The van der Waals surface area contributed by atoms with Crippen molar-refractivity contribution in [2.24, 2.45) is 0 Å². The molecule has 3 nitrogen and oxygen atoms in total. The zero-order valence-corrected chi connectivity index (χ0v) is 11.3. The standard InChI is InChI=1S/C16H17FN2O/c1-2-16(20)19-15-5-3-4-14(10-15)18-11-12-6-8-13(17)9-7-12/h3-10,18H,2,11H2,1H3,(H,19,20). The summed E-state index contributed by atoms with van der Waals surface area (Å²) in [6.07, 6.45) is 0.452. The molecule has 0 aromatic heterocycles. The van der Waals surface area contributed by atoms with E-state index in [4.69, 9.17) is 0 Å². The summed E-state index contributed by atoms with van der Waals surface area (Å²) < 4.78 is 12.8. The van der Waals surface area contributed by atoms with Crippen LogP contribution in [0, 0.1) is 5.82 Å². The molecular weight excluding hydrogens is 255 g/mol. The predicted octanol–water partition coefficient (Wildman–Crippen LogP) is 3.79. The number of hydrogen-bond acceptors (Lipinski definition) is 2. The Labute approximate surface area is 117 Å². The fourth-order valence-corrected chi connectivity index (χ4v) is 1.76. The first-order valence-corrected chi connectivity index (χ1v) is 6.55. The maximum Gasteiger partial charge on any atom is 0.224 e. The van der Waals surface area contributed by atoms with Gasteiger partial charge in [0, 0.05) is 24.3 Å². The van der Waals surface area contributed by atoms with Gasteiger partial charge >= 0.3 is 0 Å². The summed E-state index contributed by atoms with van der Waals surface area (Å²) in [4.78, 5) is 11.3. The zero-order chi connectivity index (χ0) is 14.4. The second kappa shape index (κ2) is 6.70. The molecule has 2 N–H and O–H groups in total. The predicted molar refractivity (Wildman–Crippen MR) is 79.1 cm³/mol. The van der Waals surface area contributed by atoms with Crippen molar-refractivity contribution in [1.82, 2.24) is 0 Å². The third-order valence-electron chi connectivity index (χ3n) is 2.88. The first kappa shape index (κ1) is 14.1. The van der Waals surface area contributed by atoms with E-state index in [0.717, 1.165) is 16.9 Å². The summed E-state index contributed by atoms with van der Waals surface area (Å²) in [5.41, 5.74) is 2.67. The molecule has 0 unspecified atom stereocenters. The molecule has 0 aliphatic rings. The lowest BCUT2D eigenvalue weighted by molar-refractivity contribution is -0.115. The average molecular weight is 272 g/mol. The number of carbonyl (C=O) groups is 1. The van der Waals surface area contributed by atoms with Gasteiger partial charge in [-0.3, -0.25) is 4.79 Å². The molecule has 0 radical (unpaired) electrons. The second-order valence-corrected chi connectivity index (χ2v) is 4.46. The van der Waals surface area contributed by atoms with Crippen LogP contribution >= 0.6 is 0 Å². The van der Waals surface area contributed by atoms with E-state index in [1.807, 2.05) is 31.2 Å². The van der Waals surface area contributed by atoms with Crippen LogP contribution in [0.3, 0.4) is 0 Å². The van der Waals surface area contributed by atoms with Gasteiger partial charge in [0.15, 0.2) is 0 Å². The van der Waals surface area contributed by atoms with Crippen LogP contribution in [0.2, 0.25) is 0 Å². The molecule has 0 spiro atoms. The van der Waals surface area contributed by atoms with Crippen molar-refractivity contribution in [3.05, 3.63) is 59.9 Å². The van der Waals surface area contributed by atoms with Crippen molar-refractivity contribution < 1.29 is 9.18 Å². The second-order valence-electron chi connectivity index (χ2n) is 4.46. The van der Waals surface area contributed by atoms with Gasteiger partial charge in [0.05, 0.1) is 0 Å². The van der Waals surface area contributed by atoms with Crippen LogP contribution in [-0.4, -0.2) is 5.91 Å². The number of benzene rings is 2. The highest BCUT2D eigenvalue weighted by atomic mass is 19.1. The van der Waals surface area contributed by atoms with Crippen LogP contribution in [0.5, 0.6) is 0 Å². The first-order chi connectivity index (χ1) is 9.67. The Kier molecular flexibility index (Phi) is 4.71. The summed E-state index contributed by atoms with van der Waals surface area (Å²) in [6, 6.07) is 13.9. The largest absolute Gasteiger partial charge is 0.381 e. The van der Waals surface area contributed by atoms with Crippen molar-refractivity contribution in [3.8, 4) is 0 Å². The first-order valence-electron chi connectivity index (χ1n) is 6.55. The minimum absolute atomic E-state index is 0.0133. The molecule has 0 saturated heterocycles. The molecule has 104 valence electrons. The van der Waals surface area contributed by atoms with Crippen molar-refractivity contribution in [3.63, 3.8) is 0 Å². The van der Waals surface area contributed by atoms with Gasteiger partial charge in [-0.1, -0.05) is 25.1 Å². The number of halogens is 1. The summed E-state index contributed by atoms with van der Waals surface area (Å²) in [5.74, 6) is -0.251. The number of rotatable bonds is 5. The van der Waals surface area contributed by atoms with Crippen LogP contribution in [0.25, 0.3) is 0 Å². The molecule has 2 aromatic carbocycles. The SMILES string of the molecule is CCC(=O)Nc1cccc(NCc2ccc(F)cc2)c1. The van der Waals surface area contributed by atoms with E-state index in [0.29, 0.717) is 13.0 Å². The maximum absolute atomic E-state index is 12.8. The number of hydrogen-bond donors (Lipinski definition) is 2. The third-order valence-corrected chi connectivity index (χ3v) is 2.88. The van der Waals surface area contributed by atoms with Crippen molar-refractivity contribution in [2.45, 2.75) is 19.9 Å². The lowest BCUT2D eigenvalue weighted by atomic mass is 10.2. The minimum Gasteiger partial charge on any atom is -0.381 e. The van der Waals surface area contributed by atoms with E-state index < -0.39 is 0 Å². The van der Waals surface area contributed by atoms with Gasteiger partial charge in [0.1, 0.15) is 5.82 Å². The van der Waals surface area contributed by atoms with E-state index in [-0.39, 0.29) is 11.7 Å². The number of anilines is 2. The number of amides is 1. The number of nitrogens with one attached hydrogen (secondary N) is 2.